The molecule has 2 aromatic heterocycles. The van der Waals surface area contributed by atoms with E-state index in [1.807, 2.05) is 12.1 Å². The molecule has 1 N–H and O–H groups in total. The Bertz CT molecular complexity index is 610. The highest BCUT2D eigenvalue weighted by Gasteiger charge is 2.21. The fourth-order valence-electron chi connectivity index (χ4n) is 1.77. The predicted molar refractivity (Wildman–Crippen MR) is 88.9 cm³/mol. The van der Waals surface area contributed by atoms with E-state index in [0.29, 0.717) is 12.4 Å². The second-order valence-electron chi connectivity index (χ2n) is 6.00. The minimum Gasteiger partial charge on any atom is -0.465 e. The monoisotopic (exact) mass is 321 g/mol. The number of rotatable bonds is 5. The van der Waals surface area contributed by atoms with Crippen molar-refractivity contribution in [1.29, 1.82) is 0 Å². The number of hydrogen-bond donors (Lipinski definition) is 1. The number of hydrogen-bond acceptors (Lipinski definition) is 4. The minimum absolute atomic E-state index is 0.501. The van der Waals surface area contributed by atoms with Gasteiger partial charge in [-0.3, -0.25) is 9.88 Å². The first-order valence-electron chi connectivity index (χ1n) is 6.73. The van der Waals surface area contributed by atoms with E-state index in [4.69, 9.17) is 0 Å². The van der Waals surface area contributed by atoms with Crippen LogP contribution in [0.4, 0.5) is 10.6 Å². The molecule has 112 valence electrons. The van der Waals surface area contributed by atoms with Crippen molar-refractivity contribution in [2.24, 2.45) is 0 Å². The molecule has 0 atom stereocenters. The molecule has 2 aromatic rings. The average molecular weight is 321 g/mol. The first-order valence-corrected chi connectivity index (χ1v) is 11.3. The highest BCUT2D eigenvalue weighted by molar-refractivity contribution is 7.13. The Morgan fingerprint density at radius 1 is 1.43 bits per heavy atom. The average Bonchev–Trinajstić information content (AvgIpc) is 2.88. The van der Waals surface area contributed by atoms with Crippen LogP contribution < -0.4 is 4.90 Å². The highest BCUT2D eigenvalue weighted by atomic mass is 32.1. The number of aromatic nitrogens is 2. The van der Waals surface area contributed by atoms with Gasteiger partial charge in [-0.25, -0.2) is 9.78 Å². The zero-order chi connectivity index (χ0) is 15.5. The van der Waals surface area contributed by atoms with E-state index in [9.17, 15) is 9.90 Å². The van der Waals surface area contributed by atoms with Gasteiger partial charge < -0.3 is 5.11 Å². The van der Waals surface area contributed by atoms with Gasteiger partial charge in [0.1, 0.15) is 10.8 Å². The molecule has 1 amide bonds. The smallest absolute Gasteiger partial charge is 0.413 e. The van der Waals surface area contributed by atoms with Crippen LogP contribution in [0.3, 0.4) is 0 Å². The van der Waals surface area contributed by atoms with Crippen molar-refractivity contribution in [1.82, 2.24) is 9.97 Å². The van der Waals surface area contributed by atoms with E-state index in [0.717, 1.165) is 16.6 Å². The number of amides is 1. The van der Waals surface area contributed by atoms with Crippen molar-refractivity contribution in [3.63, 3.8) is 0 Å². The zero-order valence-electron chi connectivity index (χ0n) is 12.4. The topological polar surface area (TPSA) is 66.3 Å². The van der Waals surface area contributed by atoms with Crippen molar-refractivity contribution < 1.29 is 9.90 Å². The number of nitrogens with zero attached hydrogens (tertiary/aromatic N) is 3. The van der Waals surface area contributed by atoms with E-state index in [1.54, 1.807) is 17.8 Å². The highest BCUT2D eigenvalue weighted by Crippen LogP contribution is 2.27. The van der Waals surface area contributed by atoms with Gasteiger partial charge in [0.2, 0.25) is 0 Å². The Balaban J connectivity index is 2.19. The molecule has 5 nitrogen and oxygen atoms in total. The normalized spacial score (nSPS) is 11.4. The Hall–Kier alpha value is -1.73. The van der Waals surface area contributed by atoms with Crippen LogP contribution in [-0.2, 0) is 0 Å². The molecule has 0 aliphatic rings. The second-order valence-corrected chi connectivity index (χ2v) is 12.5. The van der Waals surface area contributed by atoms with Gasteiger partial charge in [-0.05, 0) is 18.2 Å². The van der Waals surface area contributed by atoms with Gasteiger partial charge in [-0.2, -0.15) is 0 Å². The van der Waals surface area contributed by atoms with Crippen LogP contribution in [0.1, 0.15) is 0 Å². The molecule has 7 heteroatoms. The van der Waals surface area contributed by atoms with Gasteiger partial charge in [0.25, 0.3) is 0 Å². The third-order valence-corrected chi connectivity index (χ3v) is 5.60. The summed E-state index contributed by atoms with van der Waals surface area (Å²) < 4.78 is 0. The number of anilines is 1. The van der Waals surface area contributed by atoms with Crippen molar-refractivity contribution in [3.05, 3.63) is 29.9 Å². The van der Waals surface area contributed by atoms with Crippen LogP contribution in [-0.4, -0.2) is 35.8 Å². The molecule has 2 rings (SSSR count). The summed E-state index contributed by atoms with van der Waals surface area (Å²) in [6, 6.07) is 4.68. The maximum Gasteiger partial charge on any atom is 0.413 e. The molecule has 21 heavy (non-hydrogen) atoms. The second kappa shape index (κ2) is 6.36. The molecule has 0 aliphatic heterocycles. The van der Waals surface area contributed by atoms with Crippen LogP contribution in [0.5, 0.6) is 0 Å². The molecular weight excluding hydrogens is 302 g/mol. The third-order valence-electron chi connectivity index (χ3n) is 2.99. The molecule has 0 aliphatic carbocycles. The summed E-state index contributed by atoms with van der Waals surface area (Å²) in [7, 11) is -1.30. The van der Waals surface area contributed by atoms with Crippen molar-refractivity contribution in [2.45, 2.75) is 25.7 Å². The molecule has 0 radical (unpaired) electrons. The SMILES string of the molecule is C[Si](C)(C)CCN(C(=O)O)c1csc(-c2cccnc2)n1. The maximum absolute atomic E-state index is 11.5. The van der Waals surface area contributed by atoms with Crippen molar-refractivity contribution in [3.8, 4) is 10.6 Å². The quantitative estimate of drug-likeness (QED) is 0.844. The Labute approximate surface area is 129 Å². The van der Waals surface area contributed by atoms with Gasteiger partial charge in [0.05, 0.1) is 0 Å². The van der Waals surface area contributed by atoms with E-state index < -0.39 is 14.2 Å². The minimum atomic E-state index is -1.30. The van der Waals surface area contributed by atoms with E-state index in [1.165, 1.54) is 16.2 Å². The standard InChI is InChI=1S/C14H19N3O2SSi/c1-21(2,3)8-7-17(14(18)19)12-10-20-13(16-12)11-5-4-6-15-9-11/h4-6,9-10H,7-8H2,1-3H3,(H,18,19). The van der Waals surface area contributed by atoms with Gasteiger partial charge >= 0.3 is 6.09 Å². The third kappa shape index (κ3) is 4.37. The summed E-state index contributed by atoms with van der Waals surface area (Å²) in [5.41, 5.74) is 0.907. The Morgan fingerprint density at radius 3 is 2.76 bits per heavy atom. The van der Waals surface area contributed by atoms with Crippen LogP contribution in [0, 0.1) is 0 Å². The van der Waals surface area contributed by atoms with Crippen molar-refractivity contribution in [2.75, 3.05) is 11.4 Å². The summed E-state index contributed by atoms with van der Waals surface area (Å²) in [6.45, 7) is 7.20. The summed E-state index contributed by atoms with van der Waals surface area (Å²) in [5.74, 6) is 0.504. The lowest BCUT2D eigenvalue weighted by Gasteiger charge is -2.21. The first kappa shape index (κ1) is 15.7. The van der Waals surface area contributed by atoms with E-state index in [-0.39, 0.29) is 0 Å². The van der Waals surface area contributed by atoms with Crippen LogP contribution >= 0.6 is 11.3 Å². The lowest BCUT2D eigenvalue weighted by molar-refractivity contribution is 0.202. The number of thiazole rings is 1. The van der Waals surface area contributed by atoms with Gasteiger partial charge in [0.15, 0.2) is 0 Å². The van der Waals surface area contributed by atoms with Crippen LogP contribution in [0.25, 0.3) is 10.6 Å². The summed E-state index contributed by atoms with van der Waals surface area (Å²) in [4.78, 5) is 21.3. The van der Waals surface area contributed by atoms with Gasteiger partial charge in [-0.1, -0.05) is 19.6 Å². The molecular formula is C14H19N3O2SSi. The van der Waals surface area contributed by atoms with Crippen LogP contribution in [0.2, 0.25) is 25.7 Å². The number of carboxylic acid groups (broad SMARTS) is 1. The van der Waals surface area contributed by atoms with Gasteiger partial charge in [-0.15, -0.1) is 11.3 Å². The molecule has 0 spiro atoms. The lowest BCUT2D eigenvalue weighted by Crippen LogP contribution is -2.35. The number of pyridine rings is 1. The molecule has 2 heterocycles. The zero-order valence-corrected chi connectivity index (χ0v) is 14.2. The van der Waals surface area contributed by atoms with Crippen LogP contribution in [0.15, 0.2) is 29.9 Å². The fourth-order valence-corrected chi connectivity index (χ4v) is 3.46. The Morgan fingerprint density at radius 2 is 2.19 bits per heavy atom. The van der Waals surface area contributed by atoms with Crippen molar-refractivity contribution >= 4 is 31.3 Å². The summed E-state index contributed by atoms with van der Waals surface area (Å²) >= 11 is 1.44. The fraction of sp³-hybridized carbons (Fsp3) is 0.357. The molecule has 0 saturated heterocycles. The molecule has 0 aromatic carbocycles. The Kier molecular flexibility index (Phi) is 4.74. The molecule has 0 unspecified atom stereocenters. The van der Waals surface area contributed by atoms with E-state index >= 15 is 0 Å². The molecule has 0 fully saturated rings. The maximum atomic E-state index is 11.5. The lowest BCUT2D eigenvalue weighted by atomic mass is 10.3. The molecule has 0 saturated carbocycles. The number of carbonyl (C=O) groups is 1. The van der Waals surface area contributed by atoms with Gasteiger partial charge in [0, 0.05) is 38.0 Å². The molecule has 0 bridgehead atoms. The first-order chi connectivity index (χ1) is 9.87. The summed E-state index contributed by atoms with van der Waals surface area (Å²) in [5, 5.41) is 12.0. The van der Waals surface area contributed by atoms with E-state index in [2.05, 4.69) is 29.6 Å². The largest absolute Gasteiger partial charge is 0.465 e. The summed E-state index contributed by atoms with van der Waals surface area (Å²) in [6.07, 6.45) is 2.49. The predicted octanol–water partition coefficient (Wildman–Crippen LogP) is 4.03.